The molecule has 0 atom stereocenters. The van der Waals surface area contributed by atoms with Gasteiger partial charge in [-0.05, 0) is 41.5 Å². The molecule has 0 bridgehead atoms. The number of hydrogen-bond donors (Lipinski definition) is 1. The molecule has 0 radical (unpaired) electrons. The normalized spacial score (nSPS) is 10.7. The average molecular weight is 411 g/mol. The summed E-state index contributed by atoms with van der Waals surface area (Å²) in [7, 11) is 3.15. The van der Waals surface area contributed by atoms with Crippen molar-refractivity contribution < 1.29 is 14.3 Å². The maximum atomic E-state index is 12.0. The highest BCUT2D eigenvalue weighted by Crippen LogP contribution is 2.33. The fourth-order valence-electron chi connectivity index (χ4n) is 2.02. The molecule has 0 saturated carbocycles. The van der Waals surface area contributed by atoms with Crippen LogP contribution in [0.4, 0.5) is 0 Å². The van der Waals surface area contributed by atoms with E-state index >= 15 is 0 Å². The van der Waals surface area contributed by atoms with Gasteiger partial charge in [0.1, 0.15) is 0 Å². The summed E-state index contributed by atoms with van der Waals surface area (Å²) < 4.78 is 11.3. The van der Waals surface area contributed by atoms with Gasteiger partial charge in [-0.25, -0.2) is 0 Å². The number of hydrogen-bond acceptors (Lipinski definition) is 3. The Morgan fingerprint density at radius 3 is 2.42 bits per heavy atom. The smallest absolute Gasteiger partial charge is 0.244 e. The average Bonchev–Trinajstić information content (AvgIpc) is 2.59. The van der Waals surface area contributed by atoms with Gasteiger partial charge >= 0.3 is 0 Å². The molecule has 0 unspecified atom stereocenters. The van der Waals surface area contributed by atoms with Gasteiger partial charge in [-0.1, -0.05) is 39.7 Å². The summed E-state index contributed by atoms with van der Waals surface area (Å²) in [6.45, 7) is 0.366. The summed E-state index contributed by atoms with van der Waals surface area (Å²) in [4.78, 5) is 12.0. The third-order valence-corrected chi connectivity index (χ3v) is 4.29. The van der Waals surface area contributed by atoms with Crippen LogP contribution in [-0.2, 0) is 11.3 Å². The Morgan fingerprint density at radius 1 is 1.17 bits per heavy atom. The van der Waals surface area contributed by atoms with E-state index in [1.807, 2.05) is 24.3 Å². The lowest BCUT2D eigenvalue weighted by Gasteiger charge is -2.12. The maximum absolute atomic E-state index is 12.0. The van der Waals surface area contributed by atoms with Gasteiger partial charge in [0.25, 0.3) is 0 Å². The fourth-order valence-corrected chi connectivity index (χ4v) is 2.61. The number of carbonyl (C=O) groups is 1. The first kappa shape index (κ1) is 18.4. The molecule has 0 aliphatic heterocycles. The van der Waals surface area contributed by atoms with Crippen LogP contribution >= 0.6 is 27.5 Å². The van der Waals surface area contributed by atoms with Crippen molar-refractivity contribution in [2.45, 2.75) is 6.54 Å². The standard InChI is InChI=1S/C18H17BrClNO3/c1-23-16-9-13(15(19)10-17(16)24-2)11-21-18(22)8-5-12-3-6-14(20)7-4-12/h3-10H,11H2,1-2H3,(H,21,22)/b8-5+. The van der Waals surface area contributed by atoms with E-state index in [1.54, 1.807) is 32.4 Å². The molecule has 1 amide bonds. The predicted octanol–water partition coefficient (Wildman–Crippen LogP) is 4.45. The molecule has 0 aliphatic carbocycles. The molecular weight excluding hydrogens is 394 g/mol. The monoisotopic (exact) mass is 409 g/mol. The van der Waals surface area contributed by atoms with E-state index in [-0.39, 0.29) is 5.91 Å². The molecule has 24 heavy (non-hydrogen) atoms. The number of nitrogens with one attached hydrogen (secondary N) is 1. The highest BCUT2D eigenvalue weighted by Gasteiger charge is 2.10. The first-order valence-electron chi connectivity index (χ1n) is 7.15. The topological polar surface area (TPSA) is 47.6 Å². The van der Waals surface area contributed by atoms with E-state index < -0.39 is 0 Å². The van der Waals surface area contributed by atoms with Crippen molar-refractivity contribution in [3.05, 3.63) is 63.1 Å². The number of methoxy groups -OCH3 is 2. The fraction of sp³-hybridized carbons (Fsp3) is 0.167. The van der Waals surface area contributed by atoms with Crippen LogP contribution in [0.2, 0.25) is 5.02 Å². The third kappa shape index (κ3) is 5.01. The maximum Gasteiger partial charge on any atom is 0.244 e. The lowest BCUT2D eigenvalue weighted by atomic mass is 10.2. The van der Waals surface area contributed by atoms with Gasteiger partial charge in [0.15, 0.2) is 11.5 Å². The molecule has 4 nitrogen and oxygen atoms in total. The van der Waals surface area contributed by atoms with Crippen LogP contribution in [0.1, 0.15) is 11.1 Å². The molecule has 2 aromatic carbocycles. The van der Waals surface area contributed by atoms with Gasteiger partial charge in [-0.2, -0.15) is 0 Å². The second-order valence-electron chi connectivity index (χ2n) is 4.90. The van der Waals surface area contributed by atoms with Gasteiger partial charge in [0.2, 0.25) is 5.91 Å². The molecule has 2 aromatic rings. The molecule has 1 N–H and O–H groups in total. The minimum absolute atomic E-state index is 0.188. The third-order valence-electron chi connectivity index (χ3n) is 3.30. The second-order valence-corrected chi connectivity index (χ2v) is 6.19. The zero-order valence-electron chi connectivity index (χ0n) is 13.3. The summed E-state index contributed by atoms with van der Waals surface area (Å²) in [5.74, 6) is 1.05. The zero-order valence-corrected chi connectivity index (χ0v) is 15.6. The molecule has 6 heteroatoms. The zero-order chi connectivity index (χ0) is 17.5. The van der Waals surface area contributed by atoms with Gasteiger partial charge in [-0.15, -0.1) is 0 Å². The first-order valence-corrected chi connectivity index (χ1v) is 8.32. The van der Waals surface area contributed by atoms with Crippen molar-refractivity contribution >= 4 is 39.5 Å². The molecule has 0 fully saturated rings. The highest BCUT2D eigenvalue weighted by atomic mass is 79.9. The van der Waals surface area contributed by atoms with Crippen LogP contribution in [-0.4, -0.2) is 20.1 Å². The summed E-state index contributed by atoms with van der Waals surface area (Å²) in [5.41, 5.74) is 1.79. The minimum Gasteiger partial charge on any atom is -0.493 e. The van der Waals surface area contributed by atoms with E-state index in [9.17, 15) is 4.79 Å². The van der Waals surface area contributed by atoms with Crippen molar-refractivity contribution in [1.29, 1.82) is 0 Å². The molecule has 0 heterocycles. The second kappa shape index (κ2) is 8.76. The lowest BCUT2D eigenvalue weighted by Crippen LogP contribution is -2.20. The Balaban J connectivity index is 1.99. The van der Waals surface area contributed by atoms with E-state index in [2.05, 4.69) is 21.2 Å². The van der Waals surface area contributed by atoms with E-state index in [4.69, 9.17) is 21.1 Å². The molecule has 0 aliphatic rings. The van der Waals surface area contributed by atoms with Gasteiger partial charge in [-0.3, -0.25) is 4.79 Å². The van der Waals surface area contributed by atoms with Crippen LogP contribution < -0.4 is 14.8 Å². The SMILES string of the molecule is COc1cc(Br)c(CNC(=O)/C=C/c2ccc(Cl)cc2)cc1OC. The summed E-state index contributed by atoms with van der Waals surface area (Å²) in [5, 5.41) is 3.49. The van der Waals surface area contributed by atoms with Crippen molar-refractivity contribution in [2.75, 3.05) is 14.2 Å². The Bertz CT molecular complexity index is 745. The number of carbonyl (C=O) groups excluding carboxylic acids is 1. The number of halogens is 2. The lowest BCUT2D eigenvalue weighted by molar-refractivity contribution is -0.116. The first-order chi connectivity index (χ1) is 11.5. The molecule has 0 aromatic heterocycles. The Hall–Kier alpha value is -1.98. The number of amides is 1. The van der Waals surface area contributed by atoms with Crippen molar-refractivity contribution in [1.82, 2.24) is 5.32 Å². The van der Waals surface area contributed by atoms with Crippen LogP contribution in [0.25, 0.3) is 6.08 Å². The van der Waals surface area contributed by atoms with Crippen LogP contribution in [0.5, 0.6) is 11.5 Å². The van der Waals surface area contributed by atoms with Gasteiger partial charge < -0.3 is 14.8 Å². The van der Waals surface area contributed by atoms with Crippen molar-refractivity contribution in [3.8, 4) is 11.5 Å². The van der Waals surface area contributed by atoms with Crippen LogP contribution in [0.15, 0.2) is 46.9 Å². The number of ether oxygens (including phenoxy) is 2. The van der Waals surface area contributed by atoms with Crippen LogP contribution in [0, 0.1) is 0 Å². The van der Waals surface area contributed by atoms with Crippen LogP contribution in [0.3, 0.4) is 0 Å². The van der Waals surface area contributed by atoms with E-state index in [1.165, 1.54) is 6.08 Å². The van der Waals surface area contributed by atoms with E-state index in [0.29, 0.717) is 23.1 Å². The Labute approximate surface area is 154 Å². The predicted molar refractivity (Wildman–Crippen MR) is 99.6 cm³/mol. The van der Waals surface area contributed by atoms with Crippen molar-refractivity contribution in [3.63, 3.8) is 0 Å². The summed E-state index contributed by atoms with van der Waals surface area (Å²) >= 11 is 9.29. The Morgan fingerprint density at radius 2 is 1.79 bits per heavy atom. The summed E-state index contributed by atoms with van der Waals surface area (Å²) in [6.07, 6.45) is 3.22. The summed E-state index contributed by atoms with van der Waals surface area (Å²) in [6, 6.07) is 10.9. The minimum atomic E-state index is -0.188. The number of benzene rings is 2. The van der Waals surface area contributed by atoms with Gasteiger partial charge in [0, 0.05) is 22.1 Å². The molecule has 2 rings (SSSR count). The molecule has 0 spiro atoms. The van der Waals surface area contributed by atoms with E-state index in [0.717, 1.165) is 15.6 Å². The highest BCUT2D eigenvalue weighted by molar-refractivity contribution is 9.10. The molecule has 126 valence electrons. The Kier molecular flexibility index (Phi) is 6.70. The largest absolute Gasteiger partial charge is 0.493 e. The quantitative estimate of drug-likeness (QED) is 0.716. The number of rotatable bonds is 6. The van der Waals surface area contributed by atoms with Crippen molar-refractivity contribution in [2.24, 2.45) is 0 Å². The molecular formula is C18H17BrClNO3. The van der Waals surface area contributed by atoms with Gasteiger partial charge in [0.05, 0.1) is 14.2 Å². The molecule has 0 saturated heterocycles.